The highest BCUT2D eigenvalue weighted by molar-refractivity contribution is 7.52. The molecule has 0 saturated heterocycles. The zero-order valence-electron chi connectivity index (χ0n) is 15.3. The van der Waals surface area contributed by atoms with E-state index in [0.29, 0.717) is 5.56 Å². The molecule has 0 heterocycles. The van der Waals surface area contributed by atoms with Crippen molar-refractivity contribution in [2.75, 3.05) is 21.3 Å². The zero-order chi connectivity index (χ0) is 19.0. The first-order valence-corrected chi connectivity index (χ1v) is 9.71. The van der Waals surface area contributed by atoms with E-state index in [1.807, 2.05) is 13.8 Å². The predicted molar refractivity (Wildman–Crippen MR) is 94.5 cm³/mol. The van der Waals surface area contributed by atoms with Crippen molar-refractivity contribution < 1.29 is 27.9 Å². The van der Waals surface area contributed by atoms with Gasteiger partial charge in [0, 0.05) is 19.8 Å². The minimum Gasteiger partial charge on any atom is -0.467 e. The van der Waals surface area contributed by atoms with E-state index < -0.39 is 19.6 Å². The van der Waals surface area contributed by atoms with Crippen molar-refractivity contribution in [1.29, 1.82) is 0 Å². The van der Waals surface area contributed by atoms with Crippen LogP contribution in [0.4, 0.5) is 0 Å². The first-order valence-electron chi connectivity index (χ1n) is 7.98. The van der Waals surface area contributed by atoms with Gasteiger partial charge in [0.05, 0.1) is 13.3 Å². The summed E-state index contributed by atoms with van der Waals surface area (Å²) >= 11 is 0. The van der Waals surface area contributed by atoms with Gasteiger partial charge in [0.15, 0.2) is 0 Å². The normalized spacial score (nSPS) is 13.8. The Morgan fingerprint density at radius 1 is 1.12 bits per heavy atom. The van der Waals surface area contributed by atoms with Gasteiger partial charge in [-0.15, -0.1) is 0 Å². The molecule has 8 heteroatoms. The van der Waals surface area contributed by atoms with Gasteiger partial charge < -0.3 is 19.1 Å². The van der Waals surface area contributed by atoms with E-state index >= 15 is 0 Å². The Labute approximate surface area is 148 Å². The second-order valence-corrected chi connectivity index (χ2v) is 7.96. The van der Waals surface area contributed by atoms with Crippen LogP contribution in [0.3, 0.4) is 0 Å². The molecule has 1 aromatic rings. The molecule has 1 N–H and O–H groups in total. The largest absolute Gasteiger partial charge is 0.467 e. The average Bonchev–Trinajstić information content (AvgIpc) is 2.65. The summed E-state index contributed by atoms with van der Waals surface area (Å²) in [5, 5.41) is 2.71. The highest BCUT2D eigenvalue weighted by atomic mass is 31.2. The maximum Gasteiger partial charge on any atom is 0.334 e. The molecule has 0 aliphatic carbocycles. The van der Waals surface area contributed by atoms with Gasteiger partial charge in [0.1, 0.15) is 6.04 Å². The van der Waals surface area contributed by atoms with Gasteiger partial charge in [-0.2, -0.15) is 0 Å². The van der Waals surface area contributed by atoms with E-state index in [9.17, 15) is 14.2 Å². The Morgan fingerprint density at radius 2 is 1.68 bits per heavy atom. The molecule has 25 heavy (non-hydrogen) atoms. The van der Waals surface area contributed by atoms with Crippen molar-refractivity contribution in [2.24, 2.45) is 5.92 Å². The number of hydrogen-bond acceptors (Lipinski definition) is 6. The number of rotatable bonds is 9. The number of carbonyl (C=O) groups excluding carboxylic acids is 2. The van der Waals surface area contributed by atoms with E-state index in [2.05, 4.69) is 5.32 Å². The fourth-order valence-electron chi connectivity index (χ4n) is 2.21. The third kappa shape index (κ3) is 5.96. The van der Waals surface area contributed by atoms with Crippen LogP contribution in [0.5, 0.6) is 0 Å². The van der Waals surface area contributed by atoms with Crippen molar-refractivity contribution in [3.8, 4) is 0 Å². The maximum absolute atomic E-state index is 12.4. The monoisotopic (exact) mass is 371 g/mol. The lowest BCUT2D eigenvalue weighted by atomic mass is 9.98. The number of amides is 1. The summed E-state index contributed by atoms with van der Waals surface area (Å²) in [4.78, 5) is 24.2. The number of methoxy groups -OCH3 is 1. The Kier molecular flexibility index (Phi) is 8.29. The van der Waals surface area contributed by atoms with Crippen LogP contribution in [0.2, 0.25) is 0 Å². The van der Waals surface area contributed by atoms with Crippen LogP contribution in [0, 0.1) is 5.92 Å². The zero-order valence-corrected chi connectivity index (χ0v) is 16.2. The Morgan fingerprint density at radius 3 is 2.12 bits per heavy atom. The molecule has 1 rings (SSSR count). The topological polar surface area (TPSA) is 90.9 Å². The fraction of sp³-hybridized carbons (Fsp3) is 0.529. The quantitative estimate of drug-likeness (QED) is 0.530. The fourth-order valence-corrected chi connectivity index (χ4v) is 3.27. The first kappa shape index (κ1) is 21.4. The van der Waals surface area contributed by atoms with Gasteiger partial charge in [-0.1, -0.05) is 32.4 Å². The number of ether oxygens (including phenoxy) is 1. The van der Waals surface area contributed by atoms with Crippen molar-refractivity contribution in [1.82, 2.24) is 5.32 Å². The van der Waals surface area contributed by atoms with E-state index in [1.165, 1.54) is 21.3 Å². The number of carbonyl (C=O) groups is 2. The molecule has 0 radical (unpaired) electrons. The maximum atomic E-state index is 12.4. The summed E-state index contributed by atoms with van der Waals surface area (Å²) in [6.45, 7) is 3.81. The minimum atomic E-state index is -3.16. The van der Waals surface area contributed by atoms with Gasteiger partial charge in [-0.25, -0.2) is 4.79 Å². The standard InChI is InChI=1S/C17H26NO6P/c1-6-12(2)15(17(20)22-3)18-16(19)14-9-7-13(8-10-14)11-25(21,23-4)24-5/h7-10,12,15H,6,11H2,1-5H3,(H,18,19)/t12-,15-/m1/s1. The van der Waals surface area contributed by atoms with Crippen LogP contribution in [0.15, 0.2) is 24.3 Å². The third-order valence-corrected chi connectivity index (χ3v) is 5.97. The predicted octanol–water partition coefficient (Wildman–Crippen LogP) is 2.99. The Bertz CT molecular complexity index is 623. The average molecular weight is 371 g/mol. The summed E-state index contributed by atoms with van der Waals surface area (Å²) in [5.74, 6) is -0.894. The summed E-state index contributed by atoms with van der Waals surface area (Å²) < 4.78 is 26.7. The molecule has 7 nitrogen and oxygen atoms in total. The van der Waals surface area contributed by atoms with Crippen LogP contribution in [0.1, 0.15) is 36.2 Å². The third-order valence-electron chi connectivity index (χ3n) is 4.10. The van der Waals surface area contributed by atoms with Gasteiger partial charge in [-0.05, 0) is 23.6 Å². The van der Waals surface area contributed by atoms with Crippen LogP contribution >= 0.6 is 7.60 Å². The second kappa shape index (κ2) is 9.70. The lowest BCUT2D eigenvalue weighted by Crippen LogP contribution is -2.45. The number of nitrogens with one attached hydrogen (secondary N) is 1. The molecule has 0 bridgehead atoms. The molecule has 140 valence electrons. The van der Waals surface area contributed by atoms with Crippen LogP contribution in [-0.2, 0) is 29.3 Å². The van der Waals surface area contributed by atoms with E-state index in [1.54, 1.807) is 24.3 Å². The lowest BCUT2D eigenvalue weighted by Gasteiger charge is -2.22. The van der Waals surface area contributed by atoms with Gasteiger partial charge >= 0.3 is 13.6 Å². The van der Waals surface area contributed by atoms with E-state index in [-0.39, 0.29) is 18.0 Å². The summed E-state index contributed by atoms with van der Waals surface area (Å²) in [5.41, 5.74) is 1.11. The molecule has 0 aromatic heterocycles. The summed E-state index contributed by atoms with van der Waals surface area (Å²) in [6.07, 6.45) is 0.835. The van der Waals surface area contributed by atoms with E-state index in [4.69, 9.17) is 13.8 Å². The minimum absolute atomic E-state index is 0.0510. The molecule has 2 atom stereocenters. The number of hydrogen-bond donors (Lipinski definition) is 1. The van der Waals surface area contributed by atoms with Crippen molar-refractivity contribution in [2.45, 2.75) is 32.5 Å². The number of esters is 1. The highest BCUT2D eigenvalue weighted by Gasteiger charge is 2.27. The second-order valence-electron chi connectivity index (χ2n) is 5.69. The van der Waals surface area contributed by atoms with Crippen molar-refractivity contribution >= 4 is 19.5 Å². The van der Waals surface area contributed by atoms with Crippen LogP contribution in [-0.4, -0.2) is 39.2 Å². The smallest absolute Gasteiger partial charge is 0.334 e. The number of benzene rings is 1. The SMILES string of the molecule is CC[C@@H](C)[C@@H](NC(=O)c1ccc(CP(=O)(OC)OC)cc1)C(=O)OC. The molecule has 0 unspecified atom stereocenters. The molecule has 0 aliphatic heterocycles. The van der Waals surface area contributed by atoms with Crippen LogP contribution in [0.25, 0.3) is 0 Å². The molecule has 1 amide bonds. The van der Waals surface area contributed by atoms with Gasteiger partial charge in [0.25, 0.3) is 5.91 Å². The van der Waals surface area contributed by atoms with Gasteiger partial charge in [-0.3, -0.25) is 9.36 Å². The molecule has 0 spiro atoms. The van der Waals surface area contributed by atoms with Crippen molar-refractivity contribution in [3.63, 3.8) is 0 Å². The Balaban J connectivity index is 2.85. The lowest BCUT2D eigenvalue weighted by molar-refractivity contribution is -0.144. The first-order chi connectivity index (χ1) is 11.8. The summed E-state index contributed by atoms with van der Waals surface area (Å²) in [7, 11) is 0.788. The summed E-state index contributed by atoms with van der Waals surface area (Å²) in [6, 6.07) is 5.85. The molecular weight excluding hydrogens is 345 g/mol. The van der Waals surface area contributed by atoms with Crippen molar-refractivity contribution in [3.05, 3.63) is 35.4 Å². The van der Waals surface area contributed by atoms with E-state index in [0.717, 1.165) is 12.0 Å². The molecule has 0 aliphatic rings. The highest BCUT2D eigenvalue weighted by Crippen LogP contribution is 2.49. The molecular formula is C17H26NO6P. The molecule has 0 fully saturated rings. The Hall–Kier alpha value is -1.69. The van der Waals surface area contributed by atoms with Crippen LogP contribution < -0.4 is 5.32 Å². The molecule has 1 aromatic carbocycles. The van der Waals surface area contributed by atoms with Gasteiger partial charge in [0.2, 0.25) is 0 Å². The molecule has 0 saturated carbocycles.